The summed E-state index contributed by atoms with van der Waals surface area (Å²) in [6.45, 7) is 6.46. The number of amides is 1. The number of rotatable bonds is 9. The number of carbonyl (C=O) groups is 2. The average molecular weight is 275 g/mol. The van der Waals surface area contributed by atoms with E-state index >= 15 is 0 Å². The molecular weight excluding hydrogens is 250 g/mol. The summed E-state index contributed by atoms with van der Waals surface area (Å²) in [4.78, 5) is 23.1. The topological polar surface area (TPSA) is 55.4 Å². The summed E-state index contributed by atoms with van der Waals surface area (Å²) in [6, 6.07) is 0. The normalized spacial score (nSPS) is 12.3. The van der Waals surface area contributed by atoms with Gasteiger partial charge in [0.2, 0.25) is 5.91 Å². The van der Waals surface area contributed by atoms with Gasteiger partial charge in [-0.25, -0.2) is 0 Å². The number of nitrogens with one attached hydrogen (secondary N) is 1. The van der Waals surface area contributed by atoms with Gasteiger partial charge in [-0.2, -0.15) is 11.8 Å². The third-order valence-corrected chi connectivity index (χ3v) is 3.25. The molecule has 5 heteroatoms. The van der Waals surface area contributed by atoms with E-state index in [1.165, 1.54) is 0 Å². The van der Waals surface area contributed by atoms with Gasteiger partial charge < -0.3 is 10.1 Å². The molecule has 0 aliphatic carbocycles. The first-order valence-corrected chi connectivity index (χ1v) is 7.85. The molecule has 4 nitrogen and oxygen atoms in total. The average Bonchev–Trinajstić information content (AvgIpc) is 2.33. The van der Waals surface area contributed by atoms with Gasteiger partial charge in [0.1, 0.15) is 0 Å². The summed E-state index contributed by atoms with van der Waals surface area (Å²) in [5.41, 5.74) is 0. The molecule has 0 aromatic rings. The van der Waals surface area contributed by atoms with Crippen molar-refractivity contribution in [1.82, 2.24) is 5.32 Å². The molecule has 0 saturated heterocycles. The van der Waals surface area contributed by atoms with E-state index in [0.29, 0.717) is 19.6 Å². The van der Waals surface area contributed by atoms with Crippen LogP contribution in [-0.4, -0.2) is 37.0 Å². The fourth-order valence-corrected chi connectivity index (χ4v) is 1.99. The van der Waals surface area contributed by atoms with Crippen molar-refractivity contribution in [3.05, 3.63) is 0 Å². The zero-order chi connectivity index (χ0) is 14.0. The Bertz CT molecular complexity index is 257. The van der Waals surface area contributed by atoms with Crippen molar-refractivity contribution in [3.8, 4) is 0 Å². The second kappa shape index (κ2) is 10.2. The van der Waals surface area contributed by atoms with E-state index in [0.717, 1.165) is 12.2 Å². The van der Waals surface area contributed by atoms with Crippen LogP contribution in [0.2, 0.25) is 0 Å². The van der Waals surface area contributed by atoms with E-state index in [-0.39, 0.29) is 23.7 Å². The fourth-order valence-electron chi connectivity index (χ4n) is 1.47. The van der Waals surface area contributed by atoms with Crippen molar-refractivity contribution in [2.24, 2.45) is 11.8 Å². The quantitative estimate of drug-likeness (QED) is 0.655. The number of ether oxygens (including phenoxy) is 1. The van der Waals surface area contributed by atoms with E-state index in [1.54, 1.807) is 11.8 Å². The number of thioether (sulfide) groups is 1. The first kappa shape index (κ1) is 17.3. The Balaban J connectivity index is 4.07. The highest BCUT2D eigenvalue weighted by Crippen LogP contribution is 2.13. The van der Waals surface area contributed by atoms with Gasteiger partial charge in [0.05, 0.1) is 12.5 Å². The van der Waals surface area contributed by atoms with Crippen LogP contribution in [0.15, 0.2) is 0 Å². The number of carbonyl (C=O) groups excluding carboxylic acids is 2. The molecule has 0 aromatic heterocycles. The van der Waals surface area contributed by atoms with Crippen molar-refractivity contribution in [2.45, 2.75) is 33.6 Å². The van der Waals surface area contributed by atoms with E-state index in [1.807, 2.05) is 27.0 Å². The predicted molar refractivity (Wildman–Crippen MR) is 75.6 cm³/mol. The number of esters is 1. The number of hydrogen-bond donors (Lipinski definition) is 1. The first-order valence-electron chi connectivity index (χ1n) is 6.46. The lowest BCUT2D eigenvalue weighted by Gasteiger charge is -2.15. The molecule has 0 aliphatic rings. The summed E-state index contributed by atoms with van der Waals surface area (Å²) < 4.78 is 5.05. The summed E-state index contributed by atoms with van der Waals surface area (Å²) in [5, 5.41) is 2.83. The molecule has 1 amide bonds. The van der Waals surface area contributed by atoms with Crippen molar-refractivity contribution < 1.29 is 14.3 Å². The van der Waals surface area contributed by atoms with E-state index < -0.39 is 0 Å². The Morgan fingerprint density at radius 2 is 1.94 bits per heavy atom. The highest BCUT2D eigenvalue weighted by Gasteiger charge is 2.19. The van der Waals surface area contributed by atoms with Crippen molar-refractivity contribution in [1.29, 1.82) is 0 Å². The summed E-state index contributed by atoms with van der Waals surface area (Å²) in [5.74, 6) is 0.691. The third-order valence-electron chi connectivity index (χ3n) is 2.61. The molecule has 0 aromatic carbocycles. The lowest BCUT2D eigenvalue weighted by molar-refractivity contribution is -0.148. The molecule has 0 radical (unpaired) electrons. The Labute approximate surface area is 114 Å². The zero-order valence-electron chi connectivity index (χ0n) is 11.8. The second-order valence-electron chi connectivity index (χ2n) is 4.46. The Morgan fingerprint density at radius 3 is 2.44 bits per heavy atom. The van der Waals surface area contributed by atoms with Crippen LogP contribution in [0.4, 0.5) is 0 Å². The minimum absolute atomic E-state index is 0.0164. The fraction of sp³-hybridized carbons (Fsp3) is 0.846. The molecular formula is C13H25NO3S. The second-order valence-corrected chi connectivity index (χ2v) is 5.45. The van der Waals surface area contributed by atoms with Gasteiger partial charge in [0.15, 0.2) is 0 Å². The van der Waals surface area contributed by atoms with Crippen LogP contribution in [0.1, 0.15) is 33.6 Å². The van der Waals surface area contributed by atoms with Crippen LogP contribution in [-0.2, 0) is 14.3 Å². The first-order chi connectivity index (χ1) is 8.52. The highest BCUT2D eigenvalue weighted by atomic mass is 32.2. The minimum atomic E-state index is -0.148. The minimum Gasteiger partial charge on any atom is -0.466 e. The molecule has 18 heavy (non-hydrogen) atoms. The Kier molecular flexibility index (Phi) is 9.83. The van der Waals surface area contributed by atoms with Gasteiger partial charge >= 0.3 is 5.97 Å². The standard InChI is InChI=1S/C13H25NO3S/c1-5-17-13(16)11(7-9-18-4)6-8-14-12(15)10(2)3/h10-11H,5-9H2,1-4H3,(H,14,15). The molecule has 1 atom stereocenters. The molecule has 0 bridgehead atoms. The van der Waals surface area contributed by atoms with Gasteiger partial charge in [-0.05, 0) is 31.8 Å². The Hall–Kier alpha value is -0.710. The van der Waals surface area contributed by atoms with Crippen LogP contribution < -0.4 is 5.32 Å². The maximum atomic E-state index is 11.7. The SMILES string of the molecule is CCOC(=O)C(CCNC(=O)C(C)C)CCSC. The van der Waals surface area contributed by atoms with Gasteiger partial charge in [0, 0.05) is 12.5 Å². The molecule has 106 valence electrons. The van der Waals surface area contributed by atoms with Gasteiger partial charge in [-0.15, -0.1) is 0 Å². The van der Waals surface area contributed by atoms with Crippen molar-refractivity contribution in [2.75, 3.05) is 25.2 Å². The summed E-state index contributed by atoms with van der Waals surface area (Å²) in [6.07, 6.45) is 3.47. The molecule has 0 spiro atoms. The highest BCUT2D eigenvalue weighted by molar-refractivity contribution is 7.98. The Morgan fingerprint density at radius 1 is 1.28 bits per heavy atom. The van der Waals surface area contributed by atoms with Crippen molar-refractivity contribution >= 4 is 23.6 Å². The molecule has 0 rings (SSSR count). The summed E-state index contributed by atoms with van der Waals surface area (Å²) >= 11 is 1.71. The maximum absolute atomic E-state index is 11.7. The van der Waals surface area contributed by atoms with E-state index in [4.69, 9.17) is 4.74 Å². The van der Waals surface area contributed by atoms with Gasteiger partial charge in [-0.1, -0.05) is 13.8 Å². The van der Waals surface area contributed by atoms with E-state index in [9.17, 15) is 9.59 Å². The van der Waals surface area contributed by atoms with Gasteiger partial charge in [-0.3, -0.25) is 9.59 Å². The largest absolute Gasteiger partial charge is 0.466 e. The molecule has 0 heterocycles. The molecule has 0 saturated carbocycles. The van der Waals surface area contributed by atoms with E-state index in [2.05, 4.69) is 5.32 Å². The van der Waals surface area contributed by atoms with Gasteiger partial charge in [0.25, 0.3) is 0 Å². The van der Waals surface area contributed by atoms with Crippen molar-refractivity contribution in [3.63, 3.8) is 0 Å². The van der Waals surface area contributed by atoms with Crippen LogP contribution in [0.25, 0.3) is 0 Å². The molecule has 1 unspecified atom stereocenters. The predicted octanol–water partition coefficient (Wildman–Crippen LogP) is 2.08. The lowest BCUT2D eigenvalue weighted by Crippen LogP contribution is -2.31. The van der Waals surface area contributed by atoms with Crippen LogP contribution in [0.5, 0.6) is 0 Å². The zero-order valence-corrected chi connectivity index (χ0v) is 12.6. The monoisotopic (exact) mass is 275 g/mol. The third kappa shape index (κ3) is 7.58. The lowest BCUT2D eigenvalue weighted by atomic mass is 10.0. The number of hydrogen-bond acceptors (Lipinski definition) is 4. The molecule has 1 N–H and O–H groups in total. The maximum Gasteiger partial charge on any atom is 0.309 e. The molecule has 0 fully saturated rings. The van der Waals surface area contributed by atoms with Crippen LogP contribution in [0.3, 0.4) is 0 Å². The smallest absolute Gasteiger partial charge is 0.309 e. The van der Waals surface area contributed by atoms with Crippen LogP contribution >= 0.6 is 11.8 Å². The summed E-state index contributed by atoms with van der Waals surface area (Å²) in [7, 11) is 0. The molecule has 0 aliphatic heterocycles. The van der Waals surface area contributed by atoms with Crippen LogP contribution in [0, 0.1) is 11.8 Å².